The molecule has 1 aromatic carbocycles. The van der Waals surface area contributed by atoms with Crippen LogP contribution < -0.4 is 5.32 Å². The number of hydrogen-bond acceptors (Lipinski definition) is 3. The third-order valence-corrected chi connectivity index (χ3v) is 2.43. The fourth-order valence-electron chi connectivity index (χ4n) is 1.50. The summed E-state index contributed by atoms with van der Waals surface area (Å²) in [4.78, 5) is 26.1. The molecule has 2 rings (SSSR count). The molecule has 0 atom stereocenters. The zero-order valence-corrected chi connectivity index (χ0v) is 9.93. The van der Waals surface area contributed by atoms with E-state index >= 15 is 0 Å². The molecule has 1 heterocycles. The number of carboxylic acids is 1. The fraction of sp³-hybridized carbons (Fsp3) is 0. The second kappa shape index (κ2) is 5.43. The van der Waals surface area contributed by atoms with Gasteiger partial charge in [-0.25, -0.2) is 18.6 Å². The SMILES string of the molecule is O=C(O)c1cc(NC(=O)c2cccc(F)c2F)ccn1. The number of halogens is 2. The van der Waals surface area contributed by atoms with Gasteiger partial charge in [-0.15, -0.1) is 0 Å². The third kappa shape index (κ3) is 2.77. The van der Waals surface area contributed by atoms with E-state index in [1.807, 2.05) is 0 Å². The molecule has 0 saturated heterocycles. The summed E-state index contributed by atoms with van der Waals surface area (Å²) >= 11 is 0. The van der Waals surface area contributed by atoms with Gasteiger partial charge in [-0.05, 0) is 24.3 Å². The summed E-state index contributed by atoms with van der Waals surface area (Å²) in [6, 6.07) is 5.65. The Kier molecular flexibility index (Phi) is 3.69. The summed E-state index contributed by atoms with van der Waals surface area (Å²) in [7, 11) is 0. The molecule has 0 aliphatic carbocycles. The van der Waals surface area contributed by atoms with Gasteiger partial charge in [0.15, 0.2) is 11.6 Å². The van der Waals surface area contributed by atoms with Gasteiger partial charge in [0.1, 0.15) is 5.69 Å². The largest absolute Gasteiger partial charge is 0.477 e. The van der Waals surface area contributed by atoms with Gasteiger partial charge in [-0.3, -0.25) is 4.79 Å². The highest BCUT2D eigenvalue weighted by molar-refractivity contribution is 6.04. The Hall–Kier alpha value is -2.83. The molecule has 0 unspecified atom stereocenters. The van der Waals surface area contributed by atoms with E-state index in [4.69, 9.17) is 5.11 Å². The number of amides is 1. The summed E-state index contributed by atoms with van der Waals surface area (Å²) in [6.45, 7) is 0. The lowest BCUT2D eigenvalue weighted by molar-refractivity contribution is 0.0690. The minimum Gasteiger partial charge on any atom is -0.477 e. The lowest BCUT2D eigenvalue weighted by Crippen LogP contribution is -2.15. The van der Waals surface area contributed by atoms with Gasteiger partial charge in [-0.1, -0.05) is 6.07 Å². The predicted octanol–water partition coefficient (Wildman–Crippen LogP) is 2.31. The molecule has 0 fully saturated rings. The van der Waals surface area contributed by atoms with Crippen molar-refractivity contribution in [3.63, 3.8) is 0 Å². The number of aromatic nitrogens is 1. The van der Waals surface area contributed by atoms with Crippen molar-refractivity contribution in [1.29, 1.82) is 0 Å². The number of nitrogens with one attached hydrogen (secondary N) is 1. The van der Waals surface area contributed by atoms with E-state index in [1.54, 1.807) is 0 Å². The Morgan fingerprint density at radius 1 is 1.20 bits per heavy atom. The molecule has 0 saturated carbocycles. The number of carbonyl (C=O) groups excluding carboxylic acids is 1. The van der Waals surface area contributed by atoms with Crippen LogP contribution in [0.3, 0.4) is 0 Å². The van der Waals surface area contributed by atoms with Crippen LogP contribution in [0.25, 0.3) is 0 Å². The smallest absolute Gasteiger partial charge is 0.354 e. The van der Waals surface area contributed by atoms with Crippen LogP contribution in [-0.2, 0) is 0 Å². The van der Waals surface area contributed by atoms with Gasteiger partial charge >= 0.3 is 5.97 Å². The van der Waals surface area contributed by atoms with Crippen LogP contribution in [0.5, 0.6) is 0 Å². The molecule has 0 spiro atoms. The summed E-state index contributed by atoms with van der Waals surface area (Å²) in [5.41, 5.74) is -0.632. The molecule has 5 nitrogen and oxygen atoms in total. The first-order valence-corrected chi connectivity index (χ1v) is 5.44. The van der Waals surface area contributed by atoms with Gasteiger partial charge in [0.25, 0.3) is 5.91 Å². The number of nitrogens with zero attached hydrogens (tertiary/aromatic N) is 1. The molecule has 20 heavy (non-hydrogen) atoms. The molecule has 0 radical (unpaired) electrons. The van der Waals surface area contributed by atoms with Crippen LogP contribution in [-0.4, -0.2) is 22.0 Å². The maximum Gasteiger partial charge on any atom is 0.354 e. The Morgan fingerprint density at radius 3 is 2.65 bits per heavy atom. The minimum absolute atomic E-state index is 0.117. The molecule has 0 bridgehead atoms. The molecule has 2 aromatic rings. The Balaban J connectivity index is 2.26. The van der Waals surface area contributed by atoms with Crippen molar-refractivity contribution in [3.8, 4) is 0 Å². The monoisotopic (exact) mass is 278 g/mol. The second-order valence-electron chi connectivity index (χ2n) is 3.79. The zero-order valence-electron chi connectivity index (χ0n) is 9.93. The Morgan fingerprint density at radius 2 is 1.95 bits per heavy atom. The van der Waals surface area contributed by atoms with Gasteiger partial charge < -0.3 is 10.4 Å². The van der Waals surface area contributed by atoms with E-state index in [1.165, 1.54) is 18.3 Å². The number of hydrogen-bond donors (Lipinski definition) is 2. The van der Waals surface area contributed by atoms with E-state index in [0.717, 1.165) is 18.2 Å². The van der Waals surface area contributed by atoms with E-state index in [2.05, 4.69) is 10.3 Å². The molecular formula is C13H8F2N2O3. The summed E-state index contributed by atoms with van der Waals surface area (Å²) in [5.74, 6) is -4.56. The zero-order chi connectivity index (χ0) is 14.7. The molecule has 0 aliphatic heterocycles. The van der Waals surface area contributed by atoms with Crippen LogP contribution in [0.2, 0.25) is 0 Å². The number of benzene rings is 1. The van der Waals surface area contributed by atoms with E-state index in [9.17, 15) is 18.4 Å². The minimum atomic E-state index is -1.27. The average molecular weight is 278 g/mol. The number of rotatable bonds is 3. The van der Waals surface area contributed by atoms with Crippen molar-refractivity contribution >= 4 is 17.6 Å². The van der Waals surface area contributed by atoms with Gasteiger partial charge in [-0.2, -0.15) is 0 Å². The van der Waals surface area contributed by atoms with Crippen LogP contribution in [0.4, 0.5) is 14.5 Å². The maximum absolute atomic E-state index is 13.4. The fourth-order valence-corrected chi connectivity index (χ4v) is 1.50. The van der Waals surface area contributed by atoms with Crippen molar-refractivity contribution in [2.24, 2.45) is 0 Å². The quantitative estimate of drug-likeness (QED) is 0.903. The first kappa shape index (κ1) is 13.6. The van der Waals surface area contributed by atoms with Crippen molar-refractivity contribution in [3.05, 3.63) is 59.4 Å². The predicted molar refractivity (Wildman–Crippen MR) is 65.5 cm³/mol. The van der Waals surface area contributed by atoms with Gasteiger partial charge in [0, 0.05) is 11.9 Å². The van der Waals surface area contributed by atoms with E-state index in [0.29, 0.717) is 0 Å². The van der Waals surface area contributed by atoms with Gasteiger partial charge in [0.05, 0.1) is 5.56 Å². The average Bonchev–Trinajstić information content (AvgIpc) is 2.42. The lowest BCUT2D eigenvalue weighted by atomic mass is 10.2. The Labute approximate surface area is 111 Å². The van der Waals surface area contributed by atoms with Crippen LogP contribution in [0.15, 0.2) is 36.5 Å². The highest BCUT2D eigenvalue weighted by atomic mass is 19.2. The molecule has 102 valence electrons. The number of carboxylic acid groups (broad SMARTS) is 1. The highest BCUT2D eigenvalue weighted by Gasteiger charge is 2.15. The summed E-state index contributed by atoms with van der Waals surface area (Å²) < 4.78 is 26.4. The lowest BCUT2D eigenvalue weighted by Gasteiger charge is -2.06. The number of anilines is 1. The van der Waals surface area contributed by atoms with E-state index in [-0.39, 0.29) is 11.4 Å². The number of carbonyl (C=O) groups is 2. The van der Waals surface area contributed by atoms with Crippen molar-refractivity contribution < 1.29 is 23.5 Å². The maximum atomic E-state index is 13.4. The van der Waals surface area contributed by atoms with Crippen molar-refractivity contribution in [2.45, 2.75) is 0 Å². The first-order chi connectivity index (χ1) is 9.49. The highest BCUT2D eigenvalue weighted by Crippen LogP contribution is 2.14. The number of pyridine rings is 1. The van der Waals surface area contributed by atoms with Crippen LogP contribution in [0, 0.1) is 11.6 Å². The van der Waals surface area contributed by atoms with Crippen molar-refractivity contribution in [2.75, 3.05) is 5.32 Å². The Bertz CT molecular complexity index is 689. The molecule has 1 amide bonds. The van der Waals surface area contributed by atoms with Crippen molar-refractivity contribution in [1.82, 2.24) is 4.98 Å². The standard InChI is InChI=1S/C13H8F2N2O3/c14-9-3-1-2-8(11(9)15)12(18)17-7-4-5-16-10(6-7)13(19)20/h1-6H,(H,19,20)(H,16,17,18). The molecule has 0 aliphatic rings. The molecular weight excluding hydrogens is 270 g/mol. The second-order valence-corrected chi connectivity index (χ2v) is 3.79. The third-order valence-electron chi connectivity index (χ3n) is 2.43. The van der Waals surface area contributed by atoms with E-state index < -0.39 is 29.1 Å². The normalized spacial score (nSPS) is 10.1. The first-order valence-electron chi connectivity index (χ1n) is 5.44. The van der Waals surface area contributed by atoms with Gasteiger partial charge in [0.2, 0.25) is 0 Å². The van der Waals surface area contributed by atoms with Crippen LogP contribution in [0.1, 0.15) is 20.8 Å². The molecule has 1 aromatic heterocycles. The topological polar surface area (TPSA) is 79.3 Å². The molecule has 2 N–H and O–H groups in total. The van der Waals surface area contributed by atoms with Crippen LogP contribution >= 0.6 is 0 Å². The summed E-state index contributed by atoms with van der Waals surface area (Å²) in [6.07, 6.45) is 1.18. The summed E-state index contributed by atoms with van der Waals surface area (Å²) in [5, 5.41) is 11.0. The molecule has 7 heteroatoms. The number of aromatic carboxylic acids is 1.